The van der Waals surface area contributed by atoms with E-state index in [4.69, 9.17) is 9.47 Å². The Kier molecular flexibility index (Phi) is 6.01. The summed E-state index contributed by atoms with van der Waals surface area (Å²) in [4.78, 5) is 12.7. The molecule has 2 rings (SSSR count). The van der Waals surface area contributed by atoms with Crippen LogP contribution in [-0.2, 0) is 15.9 Å². The number of carbonyl (C=O) groups excluding carboxylic acids is 1. The number of hydrogen-bond donors (Lipinski definition) is 0. The van der Waals surface area contributed by atoms with Gasteiger partial charge in [-0.25, -0.2) is 0 Å². The zero-order chi connectivity index (χ0) is 13.5. The lowest BCUT2D eigenvalue weighted by Gasteiger charge is -2.22. The summed E-state index contributed by atoms with van der Waals surface area (Å²) in [5.41, 5.74) is 1.17. The van der Waals surface area contributed by atoms with Crippen LogP contribution >= 0.6 is 11.3 Å². The first-order chi connectivity index (χ1) is 9.31. The van der Waals surface area contributed by atoms with E-state index < -0.39 is 0 Å². The summed E-state index contributed by atoms with van der Waals surface area (Å²) in [6.45, 7) is 3.44. The second kappa shape index (κ2) is 7.78. The van der Waals surface area contributed by atoms with Crippen molar-refractivity contribution in [3.05, 3.63) is 21.9 Å². The summed E-state index contributed by atoms with van der Waals surface area (Å²) >= 11 is 1.55. The molecule has 3 nitrogen and oxygen atoms in total. The van der Waals surface area contributed by atoms with Gasteiger partial charge in [-0.3, -0.25) is 4.79 Å². The van der Waals surface area contributed by atoms with Gasteiger partial charge < -0.3 is 9.47 Å². The second-order valence-electron chi connectivity index (χ2n) is 4.82. The molecule has 2 heterocycles. The zero-order valence-electron chi connectivity index (χ0n) is 11.5. The predicted octanol–water partition coefficient (Wildman–Crippen LogP) is 3.82. The van der Waals surface area contributed by atoms with Crippen molar-refractivity contribution in [1.82, 2.24) is 0 Å². The predicted molar refractivity (Wildman–Crippen MR) is 76.8 cm³/mol. The van der Waals surface area contributed by atoms with Crippen LogP contribution in [0.5, 0.6) is 0 Å². The molecular formula is C15H22O3S. The van der Waals surface area contributed by atoms with Gasteiger partial charge in [0.2, 0.25) is 0 Å². The van der Waals surface area contributed by atoms with Crippen molar-refractivity contribution in [3.8, 4) is 0 Å². The first-order valence-corrected chi connectivity index (χ1v) is 8.02. The van der Waals surface area contributed by atoms with Gasteiger partial charge in [0.1, 0.15) is 0 Å². The standard InChI is InChI=1S/C15H22O3S/c1-2-13(16)15-12(8-11-19-15)6-5-10-18-14-7-3-4-9-17-14/h8,11,14H,2-7,9-10H2,1H3. The fourth-order valence-corrected chi connectivity index (χ4v) is 3.22. The van der Waals surface area contributed by atoms with Crippen LogP contribution in [0.1, 0.15) is 54.3 Å². The SMILES string of the molecule is CCC(=O)c1sccc1CCCOC1CCCCO1. The van der Waals surface area contributed by atoms with Crippen LogP contribution in [-0.4, -0.2) is 25.3 Å². The largest absolute Gasteiger partial charge is 0.353 e. The number of thiophene rings is 1. The van der Waals surface area contributed by atoms with Gasteiger partial charge in [-0.05, 0) is 49.1 Å². The van der Waals surface area contributed by atoms with Gasteiger partial charge in [-0.1, -0.05) is 6.92 Å². The van der Waals surface area contributed by atoms with Crippen molar-refractivity contribution in [2.24, 2.45) is 0 Å². The molecule has 0 aromatic carbocycles. The third-order valence-electron chi connectivity index (χ3n) is 3.35. The van der Waals surface area contributed by atoms with Gasteiger partial charge in [0, 0.05) is 13.0 Å². The fourth-order valence-electron chi connectivity index (χ4n) is 2.26. The molecule has 1 atom stereocenters. The van der Waals surface area contributed by atoms with Gasteiger partial charge in [0.05, 0.1) is 11.5 Å². The van der Waals surface area contributed by atoms with E-state index in [1.165, 1.54) is 12.0 Å². The minimum absolute atomic E-state index is 0.00651. The minimum atomic E-state index is -0.00651. The van der Waals surface area contributed by atoms with E-state index in [-0.39, 0.29) is 12.1 Å². The molecule has 0 amide bonds. The number of carbonyl (C=O) groups is 1. The summed E-state index contributed by atoms with van der Waals surface area (Å²) in [7, 11) is 0. The van der Waals surface area contributed by atoms with Crippen LogP contribution in [0.25, 0.3) is 0 Å². The van der Waals surface area contributed by atoms with Crippen molar-refractivity contribution in [2.75, 3.05) is 13.2 Å². The third kappa shape index (κ3) is 4.41. The Hall–Kier alpha value is -0.710. The molecule has 1 aliphatic heterocycles. The molecule has 0 saturated carbocycles. The first-order valence-electron chi connectivity index (χ1n) is 7.14. The molecule has 0 radical (unpaired) electrons. The summed E-state index contributed by atoms with van der Waals surface area (Å²) in [6.07, 6.45) is 5.80. The summed E-state index contributed by atoms with van der Waals surface area (Å²) < 4.78 is 11.2. The number of rotatable bonds is 7. The lowest BCUT2D eigenvalue weighted by molar-refractivity contribution is -0.162. The number of hydrogen-bond acceptors (Lipinski definition) is 4. The van der Waals surface area contributed by atoms with Gasteiger partial charge in [-0.2, -0.15) is 0 Å². The van der Waals surface area contributed by atoms with Crippen LogP contribution in [0.4, 0.5) is 0 Å². The van der Waals surface area contributed by atoms with Gasteiger partial charge >= 0.3 is 0 Å². The topological polar surface area (TPSA) is 35.5 Å². The van der Waals surface area contributed by atoms with Gasteiger partial charge in [-0.15, -0.1) is 11.3 Å². The van der Waals surface area contributed by atoms with Gasteiger partial charge in [0.15, 0.2) is 12.1 Å². The van der Waals surface area contributed by atoms with Crippen LogP contribution in [0.3, 0.4) is 0 Å². The number of aryl methyl sites for hydroxylation is 1. The Balaban J connectivity index is 1.70. The fraction of sp³-hybridized carbons (Fsp3) is 0.667. The molecule has 0 N–H and O–H groups in total. The van der Waals surface area contributed by atoms with Crippen molar-refractivity contribution in [2.45, 2.75) is 51.7 Å². The minimum Gasteiger partial charge on any atom is -0.353 e. The Labute approximate surface area is 118 Å². The lowest BCUT2D eigenvalue weighted by atomic mass is 10.1. The van der Waals surface area contributed by atoms with E-state index in [9.17, 15) is 4.79 Å². The quantitative estimate of drug-likeness (QED) is 0.563. The monoisotopic (exact) mass is 282 g/mol. The van der Waals surface area contributed by atoms with E-state index in [1.54, 1.807) is 11.3 Å². The van der Waals surface area contributed by atoms with Crippen molar-refractivity contribution >= 4 is 17.1 Å². The molecule has 1 fully saturated rings. The second-order valence-corrected chi connectivity index (χ2v) is 5.74. The molecule has 1 aromatic rings. The molecule has 106 valence electrons. The molecule has 0 spiro atoms. The molecule has 4 heteroatoms. The highest BCUT2D eigenvalue weighted by molar-refractivity contribution is 7.12. The Morgan fingerprint density at radius 2 is 2.42 bits per heavy atom. The van der Waals surface area contributed by atoms with Crippen LogP contribution in [0.2, 0.25) is 0 Å². The average Bonchev–Trinajstić information content (AvgIpc) is 2.92. The van der Waals surface area contributed by atoms with E-state index in [1.807, 2.05) is 12.3 Å². The Bertz CT molecular complexity index is 394. The average molecular weight is 282 g/mol. The molecule has 1 saturated heterocycles. The van der Waals surface area contributed by atoms with Crippen LogP contribution in [0.15, 0.2) is 11.4 Å². The molecule has 0 bridgehead atoms. The lowest BCUT2D eigenvalue weighted by Crippen LogP contribution is -2.22. The number of Topliss-reactive ketones (excluding diaryl/α,β-unsaturated/α-hetero) is 1. The Morgan fingerprint density at radius 3 is 3.16 bits per heavy atom. The van der Waals surface area contributed by atoms with Crippen molar-refractivity contribution in [1.29, 1.82) is 0 Å². The summed E-state index contributed by atoms with van der Waals surface area (Å²) in [6, 6.07) is 2.06. The highest BCUT2D eigenvalue weighted by Gasteiger charge is 2.14. The van der Waals surface area contributed by atoms with Crippen molar-refractivity contribution in [3.63, 3.8) is 0 Å². The maximum atomic E-state index is 11.7. The van der Waals surface area contributed by atoms with Gasteiger partial charge in [0.25, 0.3) is 0 Å². The normalized spacial score (nSPS) is 19.5. The Morgan fingerprint density at radius 1 is 1.53 bits per heavy atom. The van der Waals surface area contributed by atoms with E-state index in [2.05, 4.69) is 6.07 Å². The van der Waals surface area contributed by atoms with E-state index >= 15 is 0 Å². The zero-order valence-corrected chi connectivity index (χ0v) is 12.3. The molecular weight excluding hydrogens is 260 g/mol. The maximum Gasteiger partial charge on any atom is 0.172 e. The van der Waals surface area contributed by atoms with Crippen LogP contribution < -0.4 is 0 Å². The molecule has 1 aliphatic rings. The van der Waals surface area contributed by atoms with E-state index in [0.717, 1.165) is 37.2 Å². The maximum absolute atomic E-state index is 11.7. The van der Waals surface area contributed by atoms with E-state index in [0.29, 0.717) is 13.0 Å². The number of ether oxygens (including phenoxy) is 2. The van der Waals surface area contributed by atoms with Crippen LogP contribution in [0, 0.1) is 0 Å². The highest BCUT2D eigenvalue weighted by Crippen LogP contribution is 2.20. The molecule has 1 aromatic heterocycles. The van der Waals surface area contributed by atoms with Crippen molar-refractivity contribution < 1.29 is 14.3 Å². The summed E-state index contributed by atoms with van der Waals surface area (Å²) in [5.74, 6) is 0.251. The molecule has 0 aliphatic carbocycles. The summed E-state index contributed by atoms with van der Waals surface area (Å²) in [5, 5.41) is 2.00. The third-order valence-corrected chi connectivity index (χ3v) is 4.35. The first kappa shape index (κ1) is 14.7. The highest BCUT2D eigenvalue weighted by atomic mass is 32.1. The smallest absolute Gasteiger partial charge is 0.172 e. The molecule has 19 heavy (non-hydrogen) atoms. The molecule has 1 unspecified atom stereocenters. The number of ketones is 1.